The van der Waals surface area contributed by atoms with Gasteiger partial charge in [-0.2, -0.15) is 0 Å². The molecule has 9 heterocycles. The van der Waals surface area contributed by atoms with E-state index in [1.165, 1.54) is 31.2 Å². The number of pyridine rings is 4. The summed E-state index contributed by atoms with van der Waals surface area (Å²) in [5.41, 5.74) is 10.4. The summed E-state index contributed by atoms with van der Waals surface area (Å²) < 4.78 is 25.3. The summed E-state index contributed by atoms with van der Waals surface area (Å²) in [5, 5.41) is 9.72. The normalized spacial score (nSPS) is 19.2. The van der Waals surface area contributed by atoms with Gasteiger partial charge >= 0.3 is 7.12 Å². The highest BCUT2D eigenvalue weighted by atomic mass is 79.9. The first-order valence-corrected chi connectivity index (χ1v) is 31.7. The van der Waals surface area contributed by atoms with Crippen LogP contribution in [-0.2, 0) is 33.1 Å². The van der Waals surface area contributed by atoms with Crippen molar-refractivity contribution in [2.45, 2.75) is 148 Å². The molecule has 454 valence electrons. The number of aromatic nitrogens is 4. The number of hydrogen-bond donors (Lipinski definition) is 5. The fourth-order valence-electron chi connectivity index (χ4n) is 13.5. The third kappa shape index (κ3) is 12.7. The summed E-state index contributed by atoms with van der Waals surface area (Å²) in [6.07, 6.45) is 13.7. The maximum atomic E-state index is 13.5. The molecule has 2 saturated carbocycles. The Bertz CT molecular complexity index is 3580. The lowest BCUT2D eigenvalue weighted by atomic mass is 9.79. The maximum absolute atomic E-state index is 13.5. The number of Topliss-reactive ketones (excluding diaryl/α,β-unsaturated/α-hetero) is 1. The highest BCUT2D eigenvalue weighted by Crippen LogP contribution is 2.54. The third-order valence-electron chi connectivity index (χ3n) is 19.2. The second-order valence-corrected chi connectivity index (χ2v) is 26.6. The summed E-state index contributed by atoms with van der Waals surface area (Å²) in [6, 6.07) is 20.0. The average Bonchev–Trinajstić information content (AvgIpc) is 2.32. The molecule has 5 aliphatic heterocycles. The fraction of sp³-hybridized carbons (Fsp3) is 0.493. The zero-order chi connectivity index (χ0) is 60.5. The van der Waals surface area contributed by atoms with Crippen molar-refractivity contribution < 1.29 is 28.4 Å². The number of halogens is 1. The van der Waals surface area contributed by atoms with Crippen molar-refractivity contribution in [2.24, 2.45) is 0 Å². The topological polar surface area (TPSA) is 205 Å². The predicted molar refractivity (Wildman–Crippen MR) is 342 cm³/mol. The highest BCUT2D eigenvalue weighted by molar-refractivity contribution is 9.10. The molecule has 5 fully saturated rings. The van der Waals surface area contributed by atoms with Gasteiger partial charge in [-0.25, -0.2) is 9.97 Å². The largest absolute Gasteiger partial charge is 0.496 e. The molecule has 0 bridgehead atoms. The number of H-pyrrole nitrogens is 2. The predicted octanol–water partition coefficient (Wildman–Crippen LogP) is 9.16. The Morgan fingerprint density at radius 1 is 0.640 bits per heavy atom. The van der Waals surface area contributed by atoms with Crippen molar-refractivity contribution in [1.29, 1.82) is 0 Å². The van der Waals surface area contributed by atoms with Gasteiger partial charge in [0.05, 0.1) is 28.9 Å². The van der Waals surface area contributed by atoms with Crippen LogP contribution in [0.25, 0.3) is 11.1 Å². The Morgan fingerprint density at radius 3 is 1.67 bits per heavy atom. The van der Waals surface area contributed by atoms with E-state index in [1.807, 2.05) is 76.5 Å². The Balaban J connectivity index is 0.000000141. The zero-order valence-corrected chi connectivity index (χ0v) is 52.9. The third-order valence-corrected chi connectivity index (χ3v) is 19.8. The zero-order valence-electron chi connectivity index (χ0n) is 51.3. The van der Waals surface area contributed by atoms with Crippen molar-refractivity contribution in [3.63, 3.8) is 0 Å². The summed E-state index contributed by atoms with van der Waals surface area (Å²) in [5.74, 6) is 3.64. The van der Waals surface area contributed by atoms with E-state index in [4.69, 9.17) is 23.8 Å². The standard InChI is InChI=1S/C30H35N5O3.C22H24BrNO3.C15H24BN3O2/c1-19-13-20(2)34-29(37)24(19)17-33-28(36)22-14-23(27-25(15-22)30(18-38-27)7-3-4-8-30)21-5-6-26(32-16-21)35-11-9-31-10-12-35;1-13-9-14(2)24-21(26)16(13)5-6-19(25)15-10-17-20(18(23)11-15)27-12-22(17)7-3-4-8-22;1-14(2)15(3,4)21-16(20-14)12-5-6-13(18-11-12)19-9-7-17-8-10-19/h5-6,13-16,31H,3-4,7-12,17-18H2,1-2H3,(H,33,36)(H,34,37);9-11H,3-8,12H2,1-2H3,(H,24,26);5-6,11,17H,7-10H2,1-4H3. The minimum absolute atomic E-state index is 0.0285. The van der Waals surface area contributed by atoms with Crippen LogP contribution in [0.5, 0.6) is 11.5 Å². The van der Waals surface area contributed by atoms with E-state index >= 15 is 0 Å². The summed E-state index contributed by atoms with van der Waals surface area (Å²) >= 11 is 3.59. The first kappa shape index (κ1) is 61.0. The van der Waals surface area contributed by atoms with Crippen molar-refractivity contribution >= 4 is 51.8 Å². The van der Waals surface area contributed by atoms with Gasteiger partial charge in [0.15, 0.2) is 5.78 Å². The van der Waals surface area contributed by atoms with Gasteiger partial charge in [0, 0.05) is 150 Å². The quantitative estimate of drug-likeness (QED) is 0.0606. The minimum Gasteiger partial charge on any atom is -0.492 e. The summed E-state index contributed by atoms with van der Waals surface area (Å²) in [6.45, 7) is 25.2. The molecule has 5 N–H and O–H groups in total. The second-order valence-electron chi connectivity index (χ2n) is 25.7. The van der Waals surface area contributed by atoms with E-state index in [1.54, 1.807) is 0 Å². The van der Waals surface area contributed by atoms with Gasteiger partial charge in [0.1, 0.15) is 23.1 Å². The molecule has 7 aliphatic rings. The molecule has 17 nitrogen and oxygen atoms in total. The van der Waals surface area contributed by atoms with Crippen molar-refractivity contribution in [1.82, 2.24) is 35.9 Å². The lowest BCUT2D eigenvalue weighted by Gasteiger charge is -2.32. The van der Waals surface area contributed by atoms with Crippen LogP contribution in [0.2, 0.25) is 0 Å². The Labute approximate surface area is 513 Å². The molecule has 0 unspecified atom stereocenters. The van der Waals surface area contributed by atoms with Crippen LogP contribution in [0, 0.1) is 27.7 Å². The van der Waals surface area contributed by atoms with E-state index in [0.717, 1.165) is 157 Å². The molecule has 13 rings (SSSR count). The molecule has 19 heteroatoms. The first-order valence-electron chi connectivity index (χ1n) is 30.9. The lowest BCUT2D eigenvalue weighted by Crippen LogP contribution is -2.44. The number of aryl methyl sites for hydroxylation is 4. The van der Waals surface area contributed by atoms with E-state index in [0.29, 0.717) is 41.7 Å². The smallest absolute Gasteiger partial charge is 0.492 e. The number of benzene rings is 2. The lowest BCUT2D eigenvalue weighted by molar-refractivity contribution is 0.00578. The monoisotopic (exact) mass is 1230 g/mol. The van der Waals surface area contributed by atoms with E-state index in [9.17, 15) is 19.2 Å². The molecule has 2 spiro atoms. The Morgan fingerprint density at radius 2 is 1.15 bits per heavy atom. The number of hydrogen-bond acceptors (Lipinski definition) is 14. The molecule has 2 aromatic carbocycles. The van der Waals surface area contributed by atoms with E-state index < -0.39 is 0 Å². The van der Waals surface area contributed by atoms with Crippen LogP contribution >= 0.6 is 15.9 Å². The molecule has 1 amide bonds. The minimum atomic E-state index is -0.334. The van der Waals surface area contributed by atoms with Crippen LogP contribution in [0.15, 0.2) is 87.1 Å². The average molecular weight is 1230 g/mol. The van der Waals surface area contributed by atoms with Gasteiger partial charge < -0.3 is 54.5 Å². The number of nitrogens with zero attached hydrogens (tertiary/aromatic N) is 4. The number of carbonyl (C=O) groups excluding carboxylic acids is 2. The molecule has 3 saturated heterocycles. The summed E-state index contributed by atoms with van der Waals surface area (Å²) in [4.78, 5) is 70.6. The number of fused-ring (bicyclic) bond motifs is 4. The van der Waals surface area contributed by atoms with Crippen LogP contribution in [-0.4, -0.2) is 116 Å². The van der Waals surface area contributed by atoms with Gasteiger partial charge in [-0.1, -0.05) is 31.7 Å². The summed E-state index contributed by atoms with van der Waals surface area (Å²) in [7, 11) is -0.334. The SMILES string of the molecule is CC1(C)OB(c2ccc(N3CCNCC3)nc2)OC1(C)C.Cc1cc(C)c(CCC(=O)c2cc(Br)c3c(c2)C2(CCCC2)CO3)c(=O)[nH]1.Cc1cc(C)c(CNC(=O)c2cc(-c3ccc(N4CCNCC4)nc3)c3c(c2)C2(CCCC2)CO3)c(=O)[nH]1. The van der Waals surface area contributed by atoms with Crippen LogP contribution < -0.4 is 51.8 Å². The molecular formula is C67H83BBrN9O8. The fourth-order valence-corrected chi connectivity index (χ4v) is 14.1. The molecule has 0 radical (unpaired) electrons. The molecular weight excluding hydrogens is 1150 g/mol. The number of piperazine rings is 2. The van der Waals surface area contributed by atoms with Crippen LogP contribution in [0.4, 0.5) is 11.6 Å². The molecule has 2 aliphatic carbocycles. The van der Waals surface area contributed by atoms with Crippen molar-refractivity contribution in [3.8, 4) is 22.6 Å². The van der Waals surface area contributed by atoms with Gasteiger partial charge in [0.25, 0.3) is 17.0 Å². The number of carbonyl (C=O) groups is 2. The van der Waals surface area contributed by atoms with Gasteiger partial charge in [-0.05, 0) is 169 Å². The van der Waals surface area contributed by atoms with E-state index in [2.05, 4.69) is 109 Å². The number of aromatic amines is 2. The number of nitrogens with one attached hydrogen (secondary N) is 5. The van der Waals surface area contributed by atoms with Crippen LogP contribution in [0.3, 0.4) is 0 Å². The Kier molecular flexibility index (Phi) is 17.9. The Hall–Kier alpha value is -6.64. The molecule has 86 heavy (non-hydrogen) atoms. The molecule has 0 atom stereocenters. The molecule has 6 aromatic rings. The van der Waals surface area contributed by atoms with Crippen molar-refractivity contribution in [2.75, 3.05) is 75.4 Å². The van der Waals surface area contributed by atoms with Gasteiger partial charge in [0.2, 0.25) is 0 Å². The first-order chi connectivity index (χ1) is 41.2. The van der Waals surface area contributed by atoms with Gasteiger partial charge in [-0.15, -0.1) is 0 Å². The number of rotatable bonds is 11. The maximum Gasteiger partial charge on any atom is 0.496 e. The number of ether oxygens (including phenoxy) is 2. The molecule has 4 aromatic heterocycles. The number of anilines is 2. The number of amides is 1. The highest BCUT2D eigenvalue weighted by Gasteiger charge is 2.52. The second kappa shape index (κ2) is 25.2. The van der Waals surface area contributed by atoms with Crippen LogP contribution in [0.1, 0.15) is 151 Å². The number of ketones is 1. The van der Waals surface area contributed by atoms with E-state index in [-0.39, 0.29) is 58.5 Å². The van der Waals surface area contributed by atoms with Gasteiger partial charge in [-0.3, -0.25) is 19.2 Å². The van der Waals surface area contributed by atoms with Crippen molar-refractivity contribution in [3.05, 3.63) is 154 Å².